The molecule has 1 unspecified atom stereocenters. The summed E-state index contributed by atoms with van der Waals surface area (Å²) in [6, 6.07) is 9.71. The van der Waals surface area contributed by atoms with Crippen molar-refractivity contribution in [2.45, 2.75) is 39.2 Å². The van der Waals surface area contributed by atoms with E-state index in [4.69, 9.17) is 0 Å². The number of benzene rings is 1. The van der Waals surface area contributed by atoms with E-state index in [1.54, 1.807) is 0 Å². The Labute approximate surface area is 111 Å². The van der Waals surface area contributed by atoms with Crippen molar-refractivity contribution in [3.8, 4) is 0 Å². The quantitative estimate of drug-likeness (QED) is 0.859. The van der Waals surface area contributed by atoms with Crippen LogP contribution in [-0.4, -0.2) is 37.1 Å². The van der Waals surface area contributed by atoms with Gasteiger partial charge in [0.1, 0.15) is 0 Å². The minimum absolute atomic E-state index is 0.734. The van der Waals surface area contributed by atoms with Crippen LogP contribution < -0.4 is 5.32 Å². The Balaban J connectivity index is 1.69. The number of rotatable bonds is 5. The molecular weight excluding hydrogens is 220 g/mol. The number of nitrogens with zero attached hydrogens (tertiary/aromatic N) is 1. The Morgan fingerprint density at radius 3 is 2.50 bits per heavy atom. The van der Waals surface area contributed by atoms with Crippen LogP contribution in [0.1, 0.15) is 30.9 Å². The lowest BCUT2D eigenvalue weighted by atomic mass is 10.0. The molecule has 1 atom stereocenters. The third-order valence-corrected chi connectivity index (χ3v) is 3.98. The van der Waals surface area contributed by atoms with Crippen molar-refractivity contribution in [2.75, 3.05) is 26.2 Å². The second kappa shape index (κ2) is 6.91. The van der Waals surface area contributed by atoms with Crippen LogP contribution in [0.15, 0.2) is 24.3 Å². The summed E-state index contributed by atoms with van der Waals surface area (Å²) in [4.78, 5) is 2.62. The van der Waals surface area contributed by atoms with Gasteiger partial charge in [0.2, 0.25) is 0 Å². The molecule has 1 fully saturated rings. The van der Waals surface area contributed by atoms with Crippen molar-refractivity contribution in [1.29, 1.82) is 0 Å². The summed E-state index contributed by atoms with van der Waals surface area (Å²) in [5.74, 6) is 0. The van der Waals surface area contributed by atoms with Crippen molar-refractivity contribution < 1.29 is 0 Å². The van der Waals surface area contributed by atoms with Crippen LogP contribution in [0, 0.1) is 6.92 Å². The number of hydrogen-bond donors (Lipinski definition) is 1. The zero-order valence-electron chi connectivity index (χ0n) is 11.8. The van der Waals surface area contributed by atoms with Crippen molar-refractivity contribution in [2.24, 2.45) is 0 Å². The molecule has 1 aromatic carbocycles. The predicted octanol–water partition coefficient (Wildman–Crippen LogP) is 2.61. The summed E-state index contributed by atoms with van der Waals surface area (Å²) in [5, 5.41) is 3.42. The fourth-order valence-electron chi connectivity index (χ4n) is 2.66. The van der Waals surface area contributed by atoms with Gasteiger partial charge in [-0.15, -0.1) is 0 Å². The zero-order valence-corrected chi connectivity index (χ0v) is 11.8. The molecule has 2 heteroatoms. The first kappa shape index (κ1) is 13.6. The van der Waals surface area contributed by atoms with Crippen molar-refractivity contribution in [1.82, 2.24) is 10.2 Å². The fraction of sp³-hybridized carbons (Fsp3) is 0.625. The smallest absolute Gasteiger partial charge is 0.0110 e. The van der Waals surface area contributed by atoms with E-state index in [0.717, 1.165) is 19.1 Å². The number of aryl methyl sites for hydroxylation is 2. The monoisotopic (exact) mass is 246 g/mol. The van der Waals surface area contributed by atoms with Crippen molar-refractivity contribution in [3.63, 3.8) is 0 Å². The van der Waals surface area contributed by atoms with Crippen molar-refractivity contribution in [3.05, 3.63) is 35.4 Å². The second-order valence-electron chi connectivity index (χ2n) is 5.51. The second-order valence-corrected chi connectivity index (χ2v) is 5.51. The topological polar surface area (TPSA) is 15.3 Å². The third kappa shape index (κ3) is 4.11. The Bertz CT molecular complexity index is 339. The van der Waals surface area contributed by atoms with Gasteiger partial charge in [0, 0.05) is 32.2 Å². The van der Waals surface area contributed by atoms with E-state index >= 15 is 0 Å². The molecule has 2 rings (SSSR count). The molecule has 1 aliphatic heterocycles. The summed E-state index contributed by atoms with van der Waals surface area (Å²) in [5.41, 5.74) is 2.83. The SMILES string of the molecule is Cc1ccc(CCCC(C)N2CCNCC2)cc1. The molecule has 1 heterocycles. The van der Waals surface area contributed by atoms with Gasteiger partial charge in [-0.05, 0) is 38.7 Å². The lowest BCUT2D eigenvalue weighted by Crippen LogP contribution is -2.47. The lowest BCUT2D eigenvalue weighted by molar-refractivity contribution is 0.174. The maximum Gasteiger partial charge on any atom is 0.0110 e. The minimum atomic E-state index is 0.734. The highest BCUT2D eigenvalue weighted by Crippen LogP contribution is 2.12. The molecule has 1 aliphatic rings. The lowest BCUT2D eigenvalue weighted by Gasteiger charge is -2.32. The highest BCUT2D eigenvalue weighted by molar-refractivity contribution is 5.21. The van der Waals surface area contributed by atoms with E-state index < -0.39 is 0 Å². The van der Waals surface area contributed by atoms with Gasteiger partial charge in [-0.2, -0.15) is 0 Å². The third-order valence-electron chi connectivity index (χ3n) is 3.98. The predicted molar refractivity (Wildman–Crippen MR) is 78.0 cm³/mol. The van der Waals surface area contributed by atoms with E-state index in [2.05, 4.69) is 48.3 Å². The Hall–Kier alpha value is -0.860. The molecule has 18 heavy (non-hydrogen) atoms. The van der Waals surface area contributed by atoms with Gasteiger partial charge in [0.15, 0.2) is 0 Å². The molecule has 2 nitrogen and oxygen atoms in total. The van der Waals surface area contributed by atoms with Crippen LogP contribution in [0.4, 0.5) is 0 Å². The summed E-state index contributed by atoms with van der Waals surface area (Å²) in [7, 11) is 0. The fourth-order valence-corrected chi connectivity index (χ4v) is 2.66. The Morgan fingerprint density at radius 2 is 1.83 bits per heavy atom. The molecule has 0 saturated carbocycles. The highest BCUT2D eigenvalue weighted by Gasteiger charge is 2.15. The Kier molecular flexibility index (Phi) is 5.21. The van der Waals surface area contributed by atoms with E-state index in [-0.39, 0.29) is 0 Å². The minimum Gasteiger partial charge on any atom is -0.314 e. The van der Waals surface area contributed by atoms with Crippen LogP contribution in [0.5, 0.6) is 0 Å². The first-order chi connectivity index (χ1) is 8.75. The number of piperazine rings is 1. The largest absolute Gasteiger partial charge is 0.314 e. The number of nitrogens with one attached hydrogen (secondary N) is 1. The average Bonchev–Trinajstić information content (AvgIpc) is 2.42. The van der Waals surface area contributed by atoms with Gasteiger partial charge in [-0.1, -0.05) is 29.8 Å². The average molecular weight is 246 g/mol. The van der Waals surface area contributed by atoms with Crippen LogP contribution in [0.25, 0.3) is 0 Å². The Morgan fingerprint density at radius 1 is 1.17 bits per heavy atom. The first-order valence-electron chi connectivity index (χ1n) is 7.26. The van der Waals surface area contributed by atoms with E-state index in [0.29, 0.717) is 0 Å². The van der Waals surface area contributed by atoms with Crippen molar-refractivity contribution >= 4 is 0 Å². The molecule has 0 amide bonds. The molecule has 0 aromatic heterocycles. The summed E-state index contributed by atoms with van der Waals surface area (Å²) >= 11 is 0. The highest BCUT2D eigenvalue weighted by atomic mass is 15.2. The van der Waals surface area contributed by atoms with Gasteiger partial charge in [0.25, 0.3) is 0 Å². The molecule has 0 radical (unpaired) electrons. The van der Waals surface area contributed by atoms with Crippen LogP contribution in [0.3, 0.4) is 0 Å². The van der Waals surface area contributed by atoms with Gasteiger partial charge in [0.05, 0.1) is 0 Å². The normalized spacial score (nSPS) is 18.8. The summed E-state index contributed by atoms with van der Waals surface area (Å²) in [6.45, 7) is 9.26. The van der Waals surface area contributed by atoms with E-state index in [1.807, 2.05) is 0 Å². The van der Waals surface area contributed by atoms with Crippen LogP contribution in [0.2, 0.25) is 0 Å². The zero-order chi connectivity index (χ0) is 12.8. The van der Waals surface area contributed by atoms with E-state index in [1.165, 1.54) is 43.5 Å². The maximum absolute atomic E-state index is 3.42. The molecule has 100 valence electrons. The molecule has 0 aliphatic carbocycles. The van der Waals surface area contributed by atoms with E-state index in [9.17, 15) is 0 Å². The molecule has 1 saturated heterocycles. The first-order valence-corrected chi connectivity index (χ1v) is 7.26. The molecule has 1 aromatic rings. The maximum atomic E-state index is 3.42. The summed E-state index contributed by atoms with van der Waals surface area (Å²) < 4.78 is 0. The van der Waals surface area contributed by atoms with Gasteiger partial charge < -0.3 is 5.32 Å². The summed E-state index contributed by atoms with van der Waals surface area (Å²) in [6.07, 6.45) is 3.83. The van der Waals surface area contributed by atoms with Gasteiger partial charge in [-0.3, -0.25) is 4.90 Å². The number of hydrogen-bond acceptors (Lipinski definition) is 2. The van der Waals surface area contributed by atoms with Gasteiger partial charge >= 0.3 is 0 Å². The van der Waals surface area contributed by atoms with Gasteiger partial charge in [-0.25, -0.2) is 0 Å². The van der Waals surface area contributed by atoms with Crippen LogP contribution in [-0.2, 0) is 6.42 Å². The molecule has 0 spiro atoms. The van der Waals surface area contributed by atoms with Crippen LogP contribution >= 0.6 is 0 Å². The molecular formula is C16H26N2. The molecule has 1 N–H and O–H groups in total. The molecule has 0 bridgehead atoms. The standard InChI is InChI=1S/C16H26N2/c1-14-6-8-16(9-7-14)5-3-4-15(2)18-12-10-17-11-13-18/h6-9,15,17H,3-5,10-13H2,1-2H3.